The number of hydrogen-bond acceptors (Lipinski definition) is 6. The summed E-state index contributed by atoms with van der Waals surface area (Å²) < 4.78 is 25.8. The normalized spacial score (nSPS) is 13.4. The third kappa shape index (κ3) is 3.70. The first-order valence-electron chi connectivity index (χ1n) is 4.92. The summed E-state index contributed by atoms with van der Waals surface area (Å²) in [4.78, 5) is 3.74. The van der Waals surface area contributed by atoms with Crippen molar-refractivity contribution in [1.82, 2.24) is 20.5 Å². The van der Waals surface area contributed by atoms with E-state index in [0.29, 0.717) is 6.54 Å². The molecule has 0 saturated heterocycles. The van der Waals surface area contributed by atoms with Crippen LogP contribution in [0.4, 0.5) is 5.95 Å². The Morgan fingerprint density at radius 3 is 2.75 bits per heavy atom. The molecule has 0 bridgehead atoms. The number of aromatic nitrogens is 3. The highest BCUT2D eigenvalue weighted by molar-refractivity contribution is 7.93. The summed E-state index contributed by atoms with van der Waals surface area (Å²) in [7, 11) is -3.46. The number of nitrogens with zero attached hydrogens (tertiary/aromatic N) is 3. The average molecular weight is 245 g/mol. The summed E-state index contributed by atoms with van der Waals surface area (Å²) >= 11 is 0. The quantitative estimate of drug-likeness (QED) is 0.708. The summed E-state index contributed by atoms with van der Waals surface area (Å²) in [6.45, 7) is 4.63. The van der Waals surface area contributed by atoms with Crippen molar-refractivity contribution in [3.8, 4) is 0 Å². The smallest absolute Gasteiger partial charge is 0.256 e. The molecule has 1 aromatic rings. The number of rotatable bonds is 6. The highest BCUT2D eigenvalue weighted by Gasteiger charge is 2.21. The minimum absolute atomic E-state index is 0.00847. The van der Waals surface area contributed by atoms with Crippen LogP contribution in [-0.4, -0.2) is 41.9 Å². The van der Waals surface area contributed by atoms with Gasteiger partial charge in [0.15, 0.2) is 0 Å². The van der Waals surface area contributed by atoms with Crippen LogP contribution in [0.1, 0.15) is 13.8 Å². The van der Waals surface area contributed by atoms with Crippen molar-refractivity contribution < 1.29 is 8.42 Å². The topological polar surface area (TPSA) is 96.9 Å². The SMILES string of the molecule is CCNCC(C)S(=O)(=O)Nc1nccnn1. The Bertz CT molecular complexity index is 408. The summed E-state index contributed by atoms with van der Waals surface area (Å²) in [6.07, 6.45) is 2.75. The molecule has 0 radical (unpaired) electrons. The second-order valence-electron chi connectivity index (χ2n) is 3.23. The summed E-state index contributed by atoms with van der Waals surface area (Å²) in [5.74, 6) is -0.00847. The molecule has 1 unspecified atom stereocenters. The molecule has 0 aliphatic rings. The largest absolute Gasteiger partial charge is 0.316 e. The second kappa shape index (κ2) is 5.71. The fraction of sp³-hybridized carbons (Fsp3) is 0.625. The van der Waals surface area contributed by atoms with E-state index in [2.05, 4.69) is 25.2 Å². The molecule has 0 saturated carbocycles. The molecule has 8 heteroatoms. The van der Waals surface area contributed by atoms with E-state index in [1.165, 1.54) is 12.4 Å². The zero-order valence-corrected chi connectivity index (χ0v) is 10.0. The van der Waals surface area contributed by atoms with Crippen LogP contribution in [0.3, 0.4) is 0 Å². The maximum Gasteiger partial charge on any atom is 0.256 e. The van der Waals surface area contributed by atoms with Crippen molar-refractivity contribution in [1.29, 1.82) is 0 Å². The Balaban J connectivity index is 2.65. The van der Waals surface area contributed by atoms with Crippen LogP contribution in [0.25, 0.3) is 0 Å². The van der Waals surface area contributed by atoms with Crippen LogP contribution in [0.5, 0.6) is 0 Å². The molecule has 1 heterocycles. The first-order valence-corrected chi connectivity index (χ1v) is 6.47. The minimum atomic E-state index is -3.46. The van der Waals surface area contributed by atoms with Crippen molar-refractivity contribution in [3.05, 3.63) is 12.4 Å². The molecule has 0 aliphatic heterocycles. The zero-order valence-electron chi connectivity index (χ0n) is 9.21. The molecule has 2 N–H and O–H groups in total. The van der Waals surface area contributed by atoms with Crippen LogP contribution >= 0.6 is 0 Å². The van der Waals surface area contributed by atoms with Crippen LogP contribution in [-0.2, 0) is 10.0 Å². The fourth-order valence-corrected chi connectivity index (χ4v) is 1.87. The Labute approximate surface area is 94.7 Å². The Morgan fingerprint density at radius 1 is 1.44 bits per heavy atom. The molecule has 16 heavy (non-hydrogen) atoms. The maximum atomic E-state index is 11.7. The molecular weight excluding hydrogens is 230 g/mol. The molecule has 7 nitrogen and oxygen atoms in total. The van der Waals surface area contributed by atoms with Crippen molar-refractivity contribution in [2.75, 3.05) is 17.8 Å². The van der Waals surface area contributed by atoms with E-state index in [1.807, 2.05) is 6.92 Å². The predicted octanol–water partition coefficient (Wildman–Crippen LogP) is -0.389. The molecule has 1 atom stereocenters. The van der Waals surface area contributed by atoms with E-state index in [0.717, 1.165) is 6.54 Å². The fourth-order valence-electron chi connectivity index (χ4n) is 0.979. The molecule has 90 valence electrons. The van der Waals surface area contributed by atoms with Crippen LogP contribution in [0.15, 0.2) is 12.4 Å². The maximum absolute atomic E-state index is 11.7. The molecule has 1 aromatic heterocycles. The lowest BCUT2D eigenvalue weighted by atomic mass is 10.5. The monoisotopic (exact) mass is 245 g/mol. The molecule has 0 amide bonds. The number of sulfonamides is 1. The third-order valence-corrected chi connectivity index (χ3v) is 3.62. The van der Waals surface area contributed by atoms with Crippen molar-refractivity contribution >= 4 is 16.0 Å². The van der Waals surface area contributed by atoms with Gasteiger partial charge < -0.3 is 5.32 Å². The van der Waals surface area contributed by atoms with Gasteiger partial charge in [0.1, 0.15) is 0 Å². The van der Waals surface area contributed by atoms with Gasteiger partial charge in [-0.1, -0.05) is 6.92 Å². The summed E-state index contributed by atoms with van der Waals surface area (Å²) in [5.41, 5.74) is 0. The van der Waals surface area contributed by atoms with Gasteiger partial charge in [-0.15, -0.1) is 5.10 Å². The van der Waals surface area contributed by atoms with Crippen LogP contribution in [0.2, 0.25) is 0 Å². The molecule has 1 rings (SSSR count). The van der Waals surface area contributed by atoms with Gasteiger partial charge in [0, 0.05) is 6.54 Å². The standard InChI is InChI=1S/C8H15N5O2S/c1-3-9-6-7(2)16(14,15)13-8-10-4-5-11-12-8/h4-5,7,9H,3,6H2,1-2H3,(H,10,12,13). The first-order chi connectivity index (χ1) is 7.56. The van der Waals surface area contributed by atoms with Gasteiger partial charge in [-0.05, 0) is 13.5 Å². The predicted molar refractivity (Wildman–Crippen MR) is 60.4 cm³/mol. The summed E-state index contributed by atoms with van der Waals surface area (Å²) in [6, 6.07) is 0. The second-order valence-corrected chi connectivity index (χ2v) is 5.33. The van der Waals surface area contributed by atoms with E-state index < -0.39 is 15.3 Å². The first kappa shape index (κ1) is 12.8. The molecule has 0 aromatic carbocycles. The number of hydrogen-bond donors (Lipinski definition) is 2. The number of anilines is 1. The van der Waals surface area contributed by atoms with Gasteiger partial charge in [-0.2, -0.15) is 5.10 Å². The van der Waals surface area contributed by atoms with E-state index >= 15 is 0 Å². The lowest BCUT2D eigenvalue weighted by Gasteiger charge is -2.13. The Hall–Kier alpha value is -1.28. The lowest BCUT2D eigenvalue weighted by Crippen LogP contribution is -2.35. The van der Waals surface area contributed by atoms with Gasteiger partial charge >= 0.3 is 0 Å². The van der Waals surface area contributed by atoms with Crippen LogP contribution < -0.4 is 10.0 Å². The average Bonchev–Trinajstić information content (AvgIpc) is 2.26. The van der Waals surface area contributed by atoms with E-state index in [-0.39, 0.29) is 5.95 Å². The van der Waals surface area contributed by atoms with Crippen molar-refractivity contribution in [3.63, 3.8) is 0 Å². The highest BCUT2D eigenvalue weighted by Crippen LogP contribution is 2.04. The highest BCUT2D eigenvalue weighted by atomic mass is 32.2. The number of nitrogens with one attached hydrogen (secondary N) is 2. The van der Waals surface area contributed by atoms with Gasteiger partial charge in [0.2, 0.25) is 10.0 Å². The van der Waals surface area contributed by atoms with Gasteiger partial charge in [0.25, 0.3) is 5.95 Å². The Morgan fingerprint density at radius 2 is 2.19 bits per heavy atom. The summed E-state index contributed by atoms with van der Waals surface area (Å²) in [5, 5.41) is 9.50. The van der Waals surface area contributed by atoms with Crippen molar-refractivity contribution in [2.45, 2.75) is 19.1 Å². The molecular formula is C8H15N5O2S. The van der Waals surface area contributed by atoms with Crippen LogP contribution in [0, 0.1) is 0 Å². The lowest BCUT2D eigenvalue weighted by molar-refractivity contribution is 0.579. The van der Waals surface area contributed by atoms with E-state index in [1.54, 1.807) is 6.92 Å². The van der Waals surface area contributed by atoms with E-state index in [4.69, 9.17) is 0 Å². The van der Waals surface area contributed by atoms with Gasteiger partial charge in [-0.25, -0.2) is 18.1 Å². The molecule has 0 spiro atoms. The van der Waals surface area contributed by atoms with E-state index in [9.17, 15) is 8.42 Å². The zero-order chi connectivity index (χ0) is 12.0. The Kier molecular flexibility index (Phi) is 4.56. The van der Waals surface area contributed by atoms with Gasteiger partial charge in [-0.3, -0.25) is 0 Å². The molecule has 0 fully saturated rings. The van der Waals surface area contributed by atoms with Crippen molar-refractivity contribution in [2.24, 2.45) is 0 Å². The third-order valence-electron chi connectivity index (χ3n) is 1.93. The van der Waals surface area contributed by atoms with Gasteiger partial charge in [0.05, 0.1) is 17.6 Å². The molecule has 0 aliphatic carbocycles. The minimum Gasteiger partial charge on any atom is -0.316 e.